The normalized spacial score (nSPS) is 11.8. The van der Waals surface area contributed by atoms with Crippen LogP contribution in [0.15, 0.2) is 79.1 Å². The van der Waals surface area contributed by atoms with E-state index in [1.165, 1.54) is 11.3 Å². The number of pyridine rings is 1. The predicted molar refractivity (Wildman–Crippen MR) is 122 cm³/mol. The zero-order valence-corrected chi connectivity index (χ0v) is 17.5. The van der Waals surface area contributed by atoms with Crippen LogP contribution in [0.5, 0.6) is 0 Å². The van der Waals surface area contributed by atoms with Gasteiger partial charge in [0.25, 0.3) is 0 Å². The molecule has 0 saturated carbocycles. The number of amides is 1. The lowest BCUT2D eigenvalue weighted by Crippen LogP contribution is -2.27. The Morgan fingerprint density at radius 1 is 1.06 bits per heavy atom. The van der Waals surface area contributed by atoms with E-state index in [0.717, 1.165) is 26.2 Å². The van der Waals surface area contributed by atoms with Crippen molar-refractivity contribution in [2.45, 2.75) is 12.5 Å². The summed E-state index contributed by atoms with van der Waals surface area (Å²) in [7, 11) is 0. The summed E-state index contributed by atoms with van der Waals surface area (Å²) in [5.41, 5.74) is 7.97. The number of thiophene rings is 1. The van der Waals surface area contributed by atoms with Gasteiger partial charge in [-0.15, -0.1) is 11.3 Å². The van der Waals surface area contributed by atoms with Crippen molar-refractivity contribution in [3.8, 4) is 0 Å². The number of carbonyl (C=O) groups is 2. The monoisotopic (exact) mass is 431 g/mol. The summed E-state index contributed by atoms with van der Waals surface area (Å²) in [6.07, 6.45) is 3.49. The molecule has 0 bridgehead atoms. The van der Waals surface area contributed by atoms with E-state index in [9.17, 15) is 9.59 Å². The minimum Gasteiger partial charge on any atom is -0.457 e. The average Bonchev–Trinajstić information content (AvgIpc) is 3.21. The summed E-state index contributed by atoms with van der Waals surface area (Å²) >= 11 is 1.46. The minimum atomic E-state index is -0.530. The second kappa shape index (κ2) is 9.51. The fourth-order valence-electron chi connectivity index (χ4n) is 3.21. The Bertz CT molecular complexity index is 1160. The number of ether oxygens (including phenoxy) is 1. The van der Waals surface area contributed by atoms with Crippen molar-refractivity contribution in [3.05, 3.63) is 95.8 Å². The second-order valence-corrected chi connectivity index (χ2v) is 8.07. The molecule has 0 radical (unpaired) electrons. The van der Waals surface area contributed by atoms with Gasteiger partial charge in [-0.3, -0.25) is 9.78 Å². The Balaban J connectivity index is 1.41. The molecule has 4 aromatic rings. The number of hydrogen-bond acceptors (Lipinski definition) is 6. The van der Waals surface area contributed by atoms with Gasteiger partial charge < -0.3 is 15.8 Å². The van der Waals surface area contributed by atoms with Gasteiger partial charge in [0.15, 0.2) is 0 Å². The molecule has 0 aliphatic carbocycles. The molecule has 2 aromatic heterocycles. The van der Waals surface area contributed by atoms with Gasteiger partial charge in [0.05, 0.1) is 21.2 Å². The number of nitrogens with two attached hydrogens (primary N) is 1. The minimum absolute atomic E-state index is 0.149. The Hall–Kier alpha value is -3.55. The number of carbonyl (C=O) groups excluding carboxylic acids is 2. The number of anilines is 1. The van der Waals surface area contributed by atoms with Crippen molar-refractivity contribution in [1.82, 2.24) is 4.98 Å². The van der Waals surface area contributed by atoms with Gasteiger partial charge in [-0.2, -0.15) is 0 Å². The maximum Gasteiger partial charge on any atom is 0.338 e. The molecule has 0 aliphatic heterocycles. The number of fused-ring (bicyclic) bond motifs is 1. The third kappa shape index (κ3) is 4.96. The highest BCUT2D eigenvalue weighted by atomic mass is 32.1. The van der Waals surface area contributed by atoms with E-state index in [4.69, 9.17) is 10.5 Å². The van der Waals surface area contributed by atoms with Crippen LogP contribution < -0.4 is 11.1 Å². The lowest BCUT2D eigenvalue weighted by atomic mass is 9.97. The van der Waals surface area contributed by atoms with Gasteiger partial charge in [-0.05, 0) is 40.8 Å². The summed E-state index contributed by atoms with van der Waals surface area (Å²) < 4.78 is 6.35. The first-order chi connectivity index (χ1) is 15.1. The van der Waals surface area contributed by atoms with Gasteiger partial charge in [-0.25, -0.2) is 4.79 Å². The van der Waals surface area contributed by atoms with Crippen LogP contribution in [0.4, 0.5) is 5.00 Å². The predicted octanol–water partition coefficient (Wildman–Crippen LogP) is 4.33. The van der Waals surface area contributed by atoms with E-state index in [0.29, 0.717) is 5.56 Å². The topological polar surface area (TPSA) is 94.3 Å². The van der Waals surface area contributed by atoms with Gasteiger partial charge >= 0.3 is 5.97 Å². The molecule has 0 aliphatic rings. The molecule has 3 N–H and O–H groups in total. The first-order valence-electron chi connectivity index (χ1n) is 9.79. The molecule has 7 heteroatoms. The fourth-order valence-corrected chi connectivity index (χ4v) is 4.14. The van der Waals surface area contributed by atoms with Crippen molar-refractivity contribution in [1.29, 1.82) is 0 Å². The summed E-state index contributed by atoms with van der Waals surface area (Å²) in [5.74, 6) is -1.14. The van der Waals surface area contributed by atoms with Crippen molar-refractivity contribution >= 4 is 38.3 Å². The number of esters is 1. The quantitative estimate of drug-likeness (QED) is 0.425. The first-order valence-corrected chi connectivity index (χ1v) is 10.6. The maximum absolute atomic E-state index is 12.8. The summed E-state index contributed by atoms with van der Waals surface area (Å²) in [6.45, 7) is 0.357. The SMILES string of the molecule is NCC(C(=O)Nc1cc2ccncc2s1)c1ccc(C(=O)OCc2ccccc2)cc1. The Labute approximate surface area is 183 Å². The first kappa shape index (κ1) is 20.7. The van der Waals surface area contributed by atoms with Crippen LogP contribution in [-0.4, -0.2) is 23.4 Å². The number of benzene rings is 2. The van der Waals surface area contributed by atoms with E-state index in [1.54, 1.807) is 36.7 Å². The number of nitrogens with one attached hydrogen (secondary N) is 1. The van der Waals surface area contributed by atoms with Gasteiger partial charge in [-0.1, -0.05) is 42.5 Å². The van der Waals surface area contributed by atoms with Gasteiger partial charge in [0, 0.05) is 18.9 Å². The van der Waals surface area contributed by atoms with E-state index >= 15 is 0 Å². The molecule has 6 nitrogen and oxygen atoms in total. The Kier molecular flexibility index (Phi) is 6.35. The van der Waals surface area contributed by atoms with E-state index < -0.39 is 11.9 Å². The lowest BCUT2D eigenvalue weighted by Gasteiger charge is -2.15. The average molecular weight is 432 g/mol. The molecule has 0 saturated heterocycles. The summed E-state index contributed by atoms with van der Waals surface area (Å²) in [4.78, 5) is 29.2. The number of aromatic nitrogens is 1. The molecule has 0 spiro atoms. The van der Waals surface area contributed by atoms with Gasteiger partial charge in [0.2, 0.25) is 5.91 Å². The zero-order chi connectivity index (χ0) is 21.6. The zero-order valence-electron chi connectivity index (χ0n) is 16.7. The van der Waals surface area contributed by atoms with E-state index in [-0.39, 0.29) is 19.1 Å². The lowest BCUT2D eigenvalue weighted by molar-refractivity contribution is -0.117. The molecular weight excluding hydrogens is 410 g/mol. The van der Waals surface area contributed by atoms with Crippen LogP contribution in [0.3, 0.4) is 0 Å². The van der Waals surface area contributed by atoms with Gasteiger partial charge in [0.1, 0.15) is 6.61 Å². The van der Waals surface area contributed by atoms with Crippen LogP contribution in [0.2, 0.25) is 0 Å². The van der Waals surface area contributed by atoms with Crippen LogP contribution in [-0.2, 0) is 16.1 Å². The molecule has 0 fully saturated rings. The molecule has 2 aromatic carbocycles. The number of nitrogens with zero attached hydrogens (tertiary/aromatic N) is 1. The molecule has 1 atom stereocenters. The third-order valence-corrected chi connectivity index (χ3v) is 5.88. The maximum atomic E-state index is 12.8. The van der Waals surface area contributed by atoms with Crippen LogP contribution >= 0.6 is 11.3 Å². The summed E-state index contributed by atoms with van der Waals surface area (Å²) in [5, 5.41) is 4.71. The molecule has 156 valence electrons. The van der Waals surface area contributed by atoms with Crippen molar-refractivity contribution in [3.63, 3.8) is 0 Å². The molecule has 2 heterocycles. The van der Waals surface area contributed by atoms with Crippen molar-refractivity contribution < 1.29 is 14.3 Å². The standard InChI is InChI=1S/C24H21N3O3S/c25-13-20(23(28)27-22-12-19-10-11-26-14-21(19)31-22)17-6-8-18(9-7-17)24(29)30-15-16-4-2-1-3-5-16/h1-12,14,20H,13,15,25H2,(H,27,28). The third-order valence-electron chi connectivity index (χ3n) is 4.88. The largest absolute Gasteiger partial charge is 0.457 e. The van der Waals surface area contributed by atoms with Crippen LogP contribution in [0.1, 0.15) is 27.4 Å². The smallest absolute Gasteiger partial charge is 0.338 e. The molecular formula is C24H21N3O3S. The van der Waals surface area contributed by atoms with Crippen molar-refractivity contribution in [2.24, 2.45) is 5.73 Å². The highest BCUT2D eigenvalue weighted by Crippen LogP contribution is 2.30. The fraction of sp³-hybridized carbons (Fsp3) is 0.125. The number of hydrogen-bond donors (Lipinski definition) is 2. The molecule has 1 amide bonds. The van der Waals surface area contributed by atoms with Crippen molar-refractivity contribution in [2.75, 3.05) is 11.9 Å². The molecule has 4 rings (SSSR count). The molecule has 1 unspecified atom stereocenters. The summed E-state index contributed by atoms with van der Waals surface area (Å²) in [6, 6.07) is 20.1. The Morgan fingerprint density at radius 2 is 1.84 bits per heavy atom. The number of rotatable bonds is 7. The highest BCUT2D eigenvalue weighted by Gasteiger charge is 2.20. The highest BCUT2D eigenvalue weighted by molar-refractivity contribution is 7.22. The van der Waals surface area contributed by atoms with E-state index in [2.05, 4.69) is 10.3 Å². The van der Waals surface area contributed by atoms with Crippen LogP contribution in [0, 0.1) is 0 Å². The van der Waals surface area contributed by atoms with Crippen LogP contribution in [0.25, 0.3) is 10.1 Å². The van der Waals surface area contributed by atoms with E-state index in [1.807, 2.05) is 42.5 Å². The Morgan fingerprint density at radius 3 is 2.55 bits per heavy atom. The second-order valence-electron chi connectivity index (χ2n) is 6.99. The molecule has 31 heavy (non-hydrogen) atoms.